The van der Waals surface area contributed by atoms with Crippen LogP contribution in [0.5, 0.6) is 5.75 Å². The summed E-state index contributed by atoms with van der Waals surface area (Å²) in [6.45, 7) is 0. The van der Waals surface area contributed by atoms with Crippen LogP contribution in [0.1, 0.15) is 32.1 Å². The van der Waals surface area contributed by atoms with E-state index in [-0.39, 0.29) is 11.9 Å². The van der Waals surface area contributed by atoms with Gasteiger partial charge in [-0.15, -0.1) is 0 Å². The fourth-order valence-electron chi connectivity index (χ4n) is 5.06. The Bertz CT molecular complexity index is 512. The van der Waals surface area contributed by atoms with Crippen molar-refractivity contribution in [3.8, 4) is 5.75 Å². The average molecular weight is 271 g/mol. The molecule has 4 bridgehead atoms. The number of nitrogens with two attached hydrogens (primary N) is 1. The molecule has 0 aliphatic heterocycles. The van der Waals surface area contributed by atoms with Crippen LogP contribution in [0.3, 0.4) is 0 Å². The molecule has 4 saturated carbocycles. The maximum atomic E-state index is 12.6. The second-order valence-corrected chi connectivity index (χ2v) is 6.92. The Balaban J connectivity index is 1.53. The Kier molecular flexibility index (Phi) is 2.76. The van der Waals surface area contributed by atoms with Crippen molar-refractivity contribution in [2.24, 2.45) is 29.6 Å². The van der Waals surface area contributed by atoms with Gasteiger partial charge in [0.2, 0.25) is 0 Å². The fourth-order valence-corrected chi connectivity index (χ4v) is 5.06. The molecule has 1 aromatic rings. The molecular formula is C17H21NO2. The highest BCUT2D eigenvalue weighted by Crippen LogP contribution is 2.56. The van der Waals surface area contributed by atoms with Crippen LogP contribution in [0, 0.1) is 29.6 Å². The summed E-state index contributed by atoms with van der Waals surface area (Å²) >= 11 is 0. The minimum Gasteiger partial charge on any atom is -0.424 e. The van der Waals surface area contributed by atoms with Gasteiger partial charge in [0.1, 0.15) is 0 Å². The molecule has 3 nitrogen and oxygen atoms in total. The molecule has 1 aromatic carbocycles. The van der Waals surface area contributed by atoms with Gasteiger partial charge in [0.05, 0.1) is 11.6 Å². The van der Waals surface area contributed by atoms with Crippen LogP contribution in [-0.2, 0) is 4.79 Å². The van der Waals surface area contributed by atoms with Crippen LogP contribution in [0.25, 0.3) is 0 Å². The molecule has 0 atom stereocenters. The van der Waals surface area contributed by atoms with Crippen molar-refractivity contribution < 1.29 is 9.53 Å². The molecule has 5 rings (SSSR count). The van der Waals surface area contributed by atoms with Crippen molar-refractivity contribution in [1.82, 2.24) is 0 Å². The van der Waals surface area contributed by atoms with Gasteiger partial charge in [0, 0.05) is 0 Å². The molecule has 0 amide bonds. The van der Waals surface area contributed by atoms with E-state index in [1.807, 2.05) is 12.1 Å². The highest BCUT2D eigenvalue weighted by molar-refractivity contribution is 5.77. The van der Waals surface area contributed by atoms with Crippen molar-refractivity contribution in [3.05, 3.63) is 24.3 Å². The summed E-state index contributed by atoms with van der Waals surface area (Å²) in [7, 11) is 0. The number of carbonyl (C=O) groups excluding carboxylic acids is 1. The zero-order valence-corrected chi connectivity index (χ0v) is 11.6. The second-order valence-electron chi connectivity index (χ2n) is 6.92. The molecule has 0 radical (unpaired) electrons. The lowest BCUT2D eigenvalue weighted by atomic mass is 9.52. The number of hydrogen-bond donors (Lipinski definition) is 1. The van der Waals surface area contributed by atoms with Crippen molar-refractivity contribution in [2.75, 3.05) is 5.73 Å². The lowest BCUT2D eigenvalue weighted by Gasteiger charge is -2.53. The van der Waals surface area contributed by atoms with E-state index in [2.05, 4.69) is 0 Å². The Morgan fingerprint density at radius 1 is 1.00 bits per heavy atom. The Labute approximate surface area is 119 Å². The third kappa shape index (κ3) is 1.91. The first-order chi connectivity index (χ1) is 9.70. The molecule has 106 valence electrons. The number of esters is 1. The summed E-state index contributed by atoms with van der Waals surface area (Å²) in [5.74, 6) is 3.46. The number of hydrogen-bond acceptors (Lipinski definition) is 3. The van der Waals surface area contributed by atoms with Crippen LogP contribution in [0.15, 0.2) is 24.3 Å². The number of nitrogen functional groups attached to an aromatic ring is 1. The van der Waals surface area contributed by atoms with Gasteiger partial charge in [-0.2, -0.15) is 0 Å². The third-order valence-corrected chi connectivity index (χ3v) is 5.63. The first-order valence-electron chi connectivity index (χ1n) is 7.77. The van der Waals surface area contributed by atoms with Gasteiger partial charge in [-0.3, -0.25) is 4.79 Å². The monoisotopic (exact) mass is 271 g/mol. The van der Waals surface area contributed by atoms with Crippen LogP contribution in [0.2, 0.25) is 0 Å². The number of anilines is 1. The molecule has 0 saturated heterocycles. The quantitative estimate of drug-likeness (QED) is 0.510. The van der Waals surface area contributed by atoms with Crippen LogP contribution >= 0.6 is 0 Å². The molecule has 3 heteroatoms. The third-order valence-electron chi connectivity index (χ3n) is 5.63. The molecule has 4 aliphatic rings. The minimum atomic E-state index is -0.0447. The van der Waals surface area contributed by atoms with Gasteiger partial charge < -0.3 is 10.5 Å². The summed E-state index contributed by atoms with van der Waals surface area (Å²) in [6, 6.07) is 7.27. The maximum Gasteiger partial charge on any atom is 0.314 e. The van der Waals surface area contributed by atoms with Crippen LogP contribution in [-0.4, -0.2) is 5.97 Å². The summed E-state index contributed by atoms with van der Waals surface area (Å²) in [6.07, 6.45) is 6.34. The molecule has 0 unspecified atom stereocenters. The lowest BCUT2D eigenvalue weighted by Crippen LogP contribution is -2.49. The Hall–Kier alpha value is -1.51. The number of ether oxygens (including phenoxy) is 1. The van der Waals surface area contributed by atoms with Crippen molar-refractivity contribution in [3.63, 3.8) is 0 Å². The van der Waals surface area contributed by atoms with Gasteiger partial charge >= 0.3 is 5.97 Å². The second kappa shape index (κ2) is 4.51. The predicted octanol–water partition coefficient (Wildman–Crippen LogP) is 3.25. The highest BCUT2D eigenvalue weighted by Gasteiger charge is 2.51. The molecule has 0 spiro atoms. The zero-order chi connectivity index (χ0) is 13.7. The molecule has 0 heterocycles. The van der Waals surface area contributed by atoms with Crippen molar-refractivity contribution >= 4 is 11.7 Å². The largest absolute Gasteiger partial charge is 0.424 e. The normalized spacial score (nSPS) is 37.9. The topological polar surface area (TPSA) is 52.3 Å². The summed E-state index contributed by atoms with van der Waals surface area (Å²) in [5, 5.41) is 0. The number of rotatable bonds is 2. The van der Waals surface area contributed by atoms with E-state index >= 15 is 0 Å². The van der Waals surface area contributed by atoms with E-state index < -0.39 is 0 Å². The number of carbonyl (C=O) groups is 1. The standard InChI is InChI=1S/C17H21NO2/c18-14-3-1-2-4-15(14)20-17(19)16-12-6-10-5-11(8-12)9-13(16)7-10/h1-4,10-13,16H,5-9,18H2. The first-order valence-corrected chi connectivity index (χ1v) is 7.77. The summed E-state index contributed by atoms with van der Waals surface area (Å²) in [5.41, 5.74) is 6.41. The predicted molar refractivity (Wildman–Crippen MR) is 77.0 cm³/mol. The molecule has 20 heavy (non-hydrogen) atoms. The Morgan fingerprint density at radius 3 is 2.20 bits per heavy atom. The van der Waals surface area contributed by atoms with Gasteiger partial charge in [0.15, 0.2) is 5.75 Å². The maximum absolute atomic E-state index is 12.6. The molecule has 2 N–H and O–H groups in total. The summed E-state index contributed by atoms with van der Waals surface area (Å²) in [4.78, 5) is 12.6. The van der Waals surface area contributed by atoms with E-state index in [0.717, 1.165) is 11.8 Å². The van der Waals surface area contributed by atoms with Crippen LogP contribution < -0.4 is 10.5 Å². The smallest absolute Gasteiger partial charge is 0.314 e. The van der Waals surface area contributed by atoms with E-state index in [0.29, 0.717) is 23.3 Å². The molecule has 4 fully saturated rings. The Morgan fingerprint density at radius 2 is 1.60 bits per heavy atom. The van der Waals surface area contributed by atoms with E-state index in [9.17, 15) is 4.79 Å². The zero-order valence-electron chi connectivity index (χ0n) is 11.6. The highest BCUT2D eigenvalue weighted by atomic mass is 16.5. The van der Waals surface area contributed by atoms with E-state index in [1.54, 1.807) is 12.1 Å². The summed E-state index contributed by atoms with van der Waals surface area (Å²) < 4.78 is 5.61. The average Bonchev–Trinajstić information content (AvgIpc) is 2.40. The molecule has 0 aromatic heterocycles. The van der Waals surface area contributed by atoms with Gasteiger partial charge in [-0.25, -0.2) is 0 Å². The van der Waals surface area contributed by atoms with E-state index in [4.69, 9.17) is 10.5 Å². The van der Waals surface area contributed by atoms with E-state index in [1.165, 1.54) is 32.1 Å². The molecular weight excluding hydrogens is 250 g/mol. The first kappa shape index (κ1) is 12.2. The lowest BCUT2D eigenvalue weighted by molar-refractivity contribution is -0.152. The van der Waals surface area contributed by atoms with Crippen molar-refractivity contribution in [2.45, 2.75) is 32.1 Å². The van der Waals surface area contributed by atoms with Gasteiger partial charge in [-0.05, 0) is 67.9 Å². The van der Waals surface area contributed by atoms with Crippen molar-refractivity contribution in [1.29, 1.82) is 0 Å². The molecule has 4 aliphatic carbocycles. The number of para-hydroxylation sites is 2. The fraction of sp³-hybridized carbons (Fsp3) is 0.588. The van der Waals surface area contributed by atoms with Gasteiger partial charge in [0.25, 0.3) is 0 Å². The SMILES string of the molecule is Nc1ccccc1OC(=O)C1C2CC3CC(C2)CC1C3. The minimum absolute atomic E-state index is 0.0447. The van der Waals surface area contributed by atoms with Crippen LogP contribution in [0.4, 0.5) is 5.69 Å². The van der Waals surface area contributed by atoms with Gasteiger partial charge in [-0.1, -0.05) is 12.1 Å². The number of benzene rings is 1.